The van der Waals surface area contributed by atoms with Crippen LogP contribution in [0.2, 0.25) is 5.15 Å². The third-order valence-corrected chi connectivity index (χ3v) is 4.18. The Labute approximate surface area is 115 Å². The Kier molecular flexibility index (Phi) is 3.22. The van der Waals surface area contributed by atoms with Crippen molar-refractivity contribution in [3.05, 3.63) is 38.9 Å². The Bertz CT molecular complexity index is 563. The maximum absolute atomic E-state index is 6.02. The molecule has 1 saturated carbocycles. The van der Waals surface area contributed by atoms with Crippen LogP contribution in [0.5, 0.6) is 0 Å². The van der Waals surface area contributed by atoms with E-state index in [1.807, 2.05) is 0 Å². The molecule has 0 radical (unpaired) electrons. The Morgan fingerprint density at radius 2 is 2.22 bits per heavy atom. The number of nitrogens with zero attached hydrogens (tertiary/aromatic N) is 2. The summed E-state index contributed by atoms with van der Waals surface area (Å²) >= 11 is 7.75. The zero-order valence-electron chi connectivity index (χ0n) is 10.1. The molecule has 0 saturated heterocycles. The maximum Gasteiger partial charge on any atom is 0.135 e. The largest absolute Gasteiger partial charge is 0.366 e. The van der Waals surface area contributed by atoms with E-state index in [2.05, 4.69) is 33.0 Å². The monoisotopic (exact) mass is 279 g/mol. The van der Waals surface area contributed by atoms with Crippen molar-refractivity contribution < 1.29 is 0 Å². The van der Waals surface area contributed by atoms with Crippen LogP contribution in [0, 0.1) is 6.92 Å². The Morgan fingerprint density at radius 3 is 2.89 bits per heavy atom. The standard InChI is InChI=1S/C13H14ClN3S/c1-8-6-18-7-10(8)5-15-12-4-11(14)16-13(17-12)9-2-3-9/h4,6-7,9H,2-3,5H2,1H3,(H,15,16,17). The highest BCUT2D eigenvalue weighted by atomic mass is 35.5. The number of thiophene rings is 1. The average Bonchev–Trinajstić information content (AvgIpc) is 3.11. The van der Waals surface area contributed by atoms with Gasteiger partial charge in [-0.25, -0.2) is 9.97 Å². The molecule has 3 rings (SSSR count). The summed E-state index contributed by atoms with van der Waals surface area (Å²) in [6.07, 6.45) is 2.37. The van der Waals surface area contributed by atoms with Crippen molar-refractivity contribution in [2.75, 3.05) is 5.32 Å². The number of rotatable bonds is 4. The molecule has 2 aromatic heterocycles. The molecule has 0 amide bonds. The summed E-state index contributed by atoms with van der Waals surface area (Å²) in [7, 11) is 0. The summed E-state index contributed by atoms with van der Waals surface area (Å²) in [6, 6.07) is 1.79. The Balaban J connectivity index is 1.74. The van der Waals surface area contributed by atoms with Gasteiger partial charge in [-0.1, -0.05) is 11.6 Å². The molecule has 2 aromatic rings. The number of aryl methyl sites for hydroxylation is 1. The molecule has 3 nitrogen and oxygen atoms in total. The number of hydrogen-bond acceptors (Lipinski definition) is 4. The van der Waals surface area contributed by atoms with Crippen LogP contribution in [0.4, 0.5) is 5.82 Å². The average molecular weight is 280 g/mol. The zero-order chi connectivity index (χ0) is 12.5. The first-order chi connectivity index (χ1) is 8.72. The van der Waals surface area contributed by atoms with E-state index in [0.717, 1.165) is 18.2 Å². The van der Waals surface area contributed by atoms with Crippen LogP contribution >= 0.6 is 22.9 Å². The van der Waals surface area contributed by atoms with Gasteiger partial charge in [0.1, 0.15) is 16.8 Å². The van der Waals surface area contributed by atoms with Crippen LogP contribution in [0.3, 0.4) is 0 Å². The SMILES string of the molecule is Cc1cscc1CNc1cc(Cl)nc(C2CC2)n1. The van der Waals surface area contributed by atoms with E-state index in [1.165, 1.54) is 24.0 Å². The minimum atomic E-state index is 0.520. The molecule has 0 unspecified atom stereocenters. The normalized spacial score (nSPS) is 14.8. The molecule has 2 heterocycles. The number of anilines is 1. The number of nitrogens with one attached hydrogen (secondary N) is 1. The van der Waals surface area contributed by atoms with Crippen molar-refractivity contribution in [2.24, 2.45) is 0 Å². The molecule has 0 aliphatic heterocycles. The van der Waals surface area contributed by atoms with E-state index < -0.39 is 0 Å². The van der Waals surface area contributed by atoms with Gasteiger partial charge in [-0.15, -0.1) is 0 Å². The van der Waals surface area contributed by atoms with E-state index in [1.54, 1.807) is 17.4 Å². The molecular formula is C13H14ClN3S. The van der Waals surface area contributed by atoms with E-state index in [-0.39, 0.29) is 0 Å². The highest BCUT2D eigenvalue weighted by molar-refractivity contribution is 7.08. The fourth-order valence-corrected chi connectivity index (χ4v) is 2.85. The van der Waals surface area contributed by atoms with Crippen LogP contribution in [0.1, 0.15) is 35.7 Å². The van der Waals surface area contributed by atoms with Crippen LogP contribution in [0.25, 0.3) is 0 Å². The molecule has 5 heteroatoms. The lowest BCUT2D eigenvalue weighted by Crippen LogP contribution is -2.04. The second-order valence-electron chi connectivity index (χ2n) is 4.64. The first-order valence-corrected chi connectivity index (χ1v) is 7.34. The molecule has 1 aliphatic carbocycles. The van der Waals surface area contributed by atoms with Crippen molar-refractivity contribution in [2.45, 2.75) is 32.2 Å². The predicted molar refractivity (Wildman–Crippen MR) is 75.4 cm³/mol. The lowest BCUT2D eigenvalue weighted by Gasteiger charge is -2.07. The van der Waals surface area contributed by atoms with Gasteiger partial charge in [-0.05, 0) is 41.7 Å². The third-order valence-electron chi connectivity index (χ3n) is 3.08. The molecule has 1 N–H and O–H groups in total. The van der Waals surface area contributed by atoms with Gasteiger partial charge in [0.05, 0.1) is 0 Å². The predicted octanol–water partition coefficient (Wildman–Crippen LogP) is 3.99. The molecule has 0 bridgehead atoms. The van der Waals surface area contributed by atoms with Crippen molar-refractivity contribution in [1.82, 2.24) is 9.97 Å². The molecule has 18 heavy (non-hydrogen) atoms. The first kappa shape index (κ1) is 11.9. The lowest BCUT2D eigenvalue weighted by molar-refractivity contribution is 0.921. The van der Waals surface area contributed by atoms with Gasteiger partial charge >= 0.3 is 0 Å². The van der Waals surface area contributed by atoms with E-state index >= 15 is 0 Å². The minimum absolute atomic E-state index is 0.520. The second kappa shape index (κ2) is 4.86. The van der Waals surface area contributed by atoms with Crippen LogP contribution < -0.4 is 5.32 Å². The van der Waals surface area contributed by atoms with Crippen LogP contribution in [-0.4, -0.2) is 9.97 Å². The van der Waals surface area contributed by atoms with E-state index in [4.69, 9.17) is 11.6 Å². The van der Waals surface area contributed by atoms with E-state index in [9.17, 15) is 0 Å². The third kappa shape index (κ3) is 2.65. The minimum Gasteiger partial charge on any atom is -0.366 e. The van der Waals surface area contributed by atoms with Gasteiger partial charge in [0.2, 0.25) is 0 Å². The quantitative estimate of drug-likeness (QED) is 0.860. The lowest BCUT2D eigenvalue weighted by atomic mass is 10.2. The topological polar surface area (TPSA) is 37.8 Å². The molecule has 0 aromatic carbocycles. The maximum atomic E-state index is 6.02. The van der Waals surface area contributed by atoms with Gasteiger partial charge in [0, 0.05) is 18.5 Å². The molecule has 0 spiro atoms. The summed E-state index contributed by atoms with van der Waals surface area (Å²) in [5, 5.41) is 8.16. The van der Waals surface area contributed by atoms with Crippen molar-refractivity contribution >= 4 is 28.8 Å². The van der Waals surface area contributed by atoms with Crippen molar-refractivity contribution in [3.63, 3.8) is 0 Å². The Morgan fingerprint density at radius 1 is 1.39 bits per heavy atom. The van der Waals surface area contributed by atoms with Crippen LogP contribution in [0.15, 0.2) is 16.8 Å². The Hall–Kier alpha value is -1.13. The first-order valence-electron chi connectivity index (χ1n) is 6.02. The second-order valence-corrected chi connectivity index (χ2v) is 5.77. The highest BCUT2D eigenvalue weighted by Gasteiger charge is 2.27. The molecular weight excluding hydrogens is 266 g/mol. The van der Waals surface area contributed by atoms with Gasteiger partial charge in [-0.3, -0.25) is 0 Å². The summed E-state index contributed by atoms with van der Waals surface area (Å²) in [5.41, 5.74) is 2.62. The van der Waals surface area contributed by atoms with Gasteiger partial charge in [0.25, 0.3) is 0 Å². The highest BCUT2D eigenvalue weighted by Crippen LogP contribution is 2.38. The zero-order valence-corrected chi connectivity index (χ0v) is 11.7. The van der Waals surface area contributed by atoms with Gasteiger partial charge in [-0.2, -0.15) is 11.3 Å². The van der Waals surface area contributed by atoms with Crippen molar-refractivity contribution in [1.29, 1.82) is 0 Å². The van der Waals surface area contributed by atoms with Gasteiger partial charge < -0.3 is 5.32 Å². The number of aromatic nitrogens is 2. The van der Waals surface area contributed by atoms with Gasteiger partial charge in [0.15, 0.2) is 0 Å². The van der Waals surface area contributed by atoms with Crippen molar-refractivity contribution in [3.8, 4) is 0 Å². The summed E-state index contributed by atoms with van der Waals surface area (Å²) in [5.74, 6) is 2.22. The molecule has 0 atom stereocenters. The summed E-state index contributed by atoms with van der Waals surface area (Å²) in [6.45, 7) is 2.91. The molecule has 1 aliphatic rings. The molecule has 1 fully saturated rings. The number of halogens is 1. The fourth-order valence-electron chi connectivity index (χ4n) is 1.80. The summed E-state index contributed by atoms with van der Waals surface area (Å²) in [4.78, 5) is 8.80. The summed E-state index contributed by atoms with van der Waals surface area (Å²) < 4.78 is 0. The number of hydrogen-bond donors (Lipinski definition) is 1. The smallest absolute Gasteiger partial charge is 0.135 e. The van der Waals surface area contributed by atoms with Crippen LogP contribution in [-0.2, 0) is 6.54 Å². The fraction of sp³-hybridized carbons (Fsp3) is 0.385. The van der Waals surface area contributed by atoms with E-state index in [0.29, 0.717) is 11.1 Å². The molecule has 94 valence electrons.